The Morgan fingerprint density at radius 2 is 1.96 bits per heavy atom. The third-order valence-corrected chi connectivity index (χ3v) is 4.14. The molecule has 1 aliphatic rings. The van der Waals surface area contributed by atoms with E-state index in [9.17, 15) is 23.9 Å². The Labute approximate surface area is 151 Å². The Morgan fingerprint density at radius 1 is 1.31 bits per heavy atom. The fraction of sp³-hybridized carbons (Fsp3) is 0.421. The molecule has 0 saturated carbocycles. The zero-order chi connectivity index (χ0) is 19.6. The SMILES string of the molecule is CC(C)COC(=O)CNC(=O)C1=C(O)c2cc(F)ccc2C(C)(C)C1=O. The van der Waals surface area contributed by atoms with Gasteiger partial charge in [0.15, 0.2) is 5.78 Å². The average Bonchev–Trinajstić information content (AvgIpc) is 2.56. The number of aliphatic hydroxyl groups excluding tert-OH is 1. The lowest BCUT2D eigenvalue weighted by Gasteiger charge is -2.31. The lowest BCUT2D eigenvalue weighted by molar-refractivity contribution is -0.144. The fourth-order valence-corrected chi connectivity index (χ4v) is 2.70. The summed E-state index contributed by atoms with van der Waals surface area (Å²) in [6.45, 7) is 6.68. The zero-order valence-electron chi connectivity index (χ0n) is 15.2. The second-order valence-electron chi connectivity index (χ2n) is 7.13. The second-order valence-corrected chi connectivity index (χ2v) is 7.13. The van der Waals surface area contributed by atoms with Gasteiger partial charge in [-0.15, -0.1) is 0 Å². The van der Waals surface area contributed by atoms with Gasteiger partial charge in [-0.25, -0.2) is 4.39 Å². The second kappa shape index (κ2) is 7.27. The van der Waals surface area contributed by atoms with E-state index >= 15 is 0 Å². The molecule has 0 aromatic heterocycles. The van der Waals surface area contributed by atoms with Crippen LogP contribution in [0.3, 0.4) is 0 Å². The van der Waals surface area contributed by atoms with Crippen LogP contribution in [0, 0.1) is 11.7 Å². The lowest BCUT2D eigenvalue weighted by Crippen LogP contribution is -2.42. The molecule has 1 amide bonds. The van der Waals surface area contributed by atoms with E-state index in [1.165, 1.54) is 12.1 Å². The highest BCUT2D eigenvalue weighted by Crippen LogP contribution is 2.39. The third kappa shape index (κ3) is 3.76. The molecule has 2 rings (SSSR count). The summed E-state index contributed by atoms with van der Waals surface area (Å²) in [6, 6.07) is 3.68. The summed E-state index contributed by atoms with van der Waals surface area (Å²) in [7, 11) is 0. The van der Waals surface area contributed by atoms with Crippen LogP contribution in [0.25, 0.3) is 5.76 Å². The molecule has 0 aliphatic heterocycles. The van der Waals surface area contributed by atoms with E-state index in [1.807, 2.05) is 13.8 Å². The van der Waals surface area contributed by atoms with Gasteiger partial charge in [-0.3, -0.25) is 14.4 Å². The maximum atomic E-state index is 13.6. The highest BCUT2D eigenvalue weighted by Gasteiger charge is 2.43. The zero-order valence-corrected chi connectivity index (χ0v) is 15.2. The van der Waals surface area contributed by atoms with Crippen molar-refractivity contribution >= 4 is 23.4 Å². The highest BCUT2D eigenvalue weighted by molar-refractivity contribution is 6.28. The molecule has 1 aromatic rings. The summed E-state index contributed by atoms with van der Waals surface area (Å²) in [4.78, 5) is 36.7. The van der Waals surface area contributed by atoms with Gasteiger partial charge in [0.25, 0.3) is 5.91 Å². The smallest absolute Gasteiger partial charge is 0.325 e. The number of ether oxygens (including phenoxy) is 1. The van der Waals surface area contributed by atoms with Crippen LogP contribution in [0.4, 0.5) is 4.39 Å². The topological polar surface area (TPSA) is 92.7 Å². The summed E-state index contributed by atoms with van der Waals surface area (Å²) < 4.78 is 18.5. The molecule has 0 saturated heterocycles. The van der Waals surface area contributed by atoms with Crippen LogP contribution in [0.15, 0.2) is 23.8 Å². The summed E-state index contributed by atoms with van der Waals surface area (Å²) in [5.74, 6) is -3.22. The van der Waals surface area contributed by atoms with Gasteiger partial charge in [-0.1, -0.05) is 19.9 Å². The number of carbonyl (C=O) groups is 3. The number of benzene rings is 1. The molecule has 0 atom stereocenters. The molecular formula is C19H22FNO5. The van der Waals surface area contributed by atoms with Gasteiger partial charge in [0, 0.05) is 5.56 Å². The van der Waals surface area contributed by atoms with Crippen molar-refractivity contribution in [2.75, 3.05) is 13.2 Å². The van der Waals surface area contributed by atoms with E-state index < -0.39 is 46.8 Å². The first kappa shape index (κ1) is 19.6. The van der Waals surface area contributed by atoms with Crippen LogP contribution in [-0.4, -0.2) is 35.9 Å². The normalized spacial score (nSPS) is 15.7. The largest absolute Gasteiger partial charge is 0.506 e. The minimum absolute atomic E-state index is 0.0853. The Kier molecular flexibility index (Phi) is 5.49. The van der Waals surface area contributed by atoms with Gasteiger partial charge in [-0.05, 0) is 37.5 Å². The van der Waals surface area contributed by atoms with Crippen molar-refractivity contribution in [3.8, 4) is 0 Å². The maximum Gasteiger partial charge on any atom is 0.325 e. The van der Waals surface area contributed by atoms with Gasteiger partial charge in [0.05, 0.1) is 12.0 Å². The molecule has 0 unspecified atom stereocenters. The molecule has 0 heterocycles. The number of halogens is 1. The van der Waals surface area contributed by atoms with Crippen molar-refractivity contribution in [3.63, 3.8) is 0 Å². The van der Waals surface area contributed by atoms with Crippen LogP contribution in [0.5, 0.6) is 0 Å². The number of amides is 1. The highest BCUT2D eigenvalue weighted by atomic mass is 19.1. The molecule has 7 heteroatoms. The molecule has 26 heavy (non-hydrogen) atoms. The summed E-state index contributed by atoms with van der Waals surface area (Å²) in [6.07, 6.45) is 0. The Morgan fingerprint density at radius 3 is 2.58 bits per heavy atom. The van der Waals surface area contributed by atoms with E-state index in [0.29, 0.717) is 5.56 Å². The van der Waals surface area contributed by atoms with Crippen LogP contribution < -0.4 is 5.32 Å². The molecule has 140 valence electrons. The monoisotopic (exact) mass is 363 g/mol. The molecular weight excluding hydrogens is 341 g/mol. The number of hydrogen-bond donors (Lipinski definition) is 2. The molecule has 0 bridgehead atoms. The van der Waals surface area contributed by atoms with Gasteiger partial charge in [-0.2, -0.15) is 0 Å². The Balaban J connectivity index is 2.27. The third-order valence-electron chi connectivity index (χ3n) is 4.14. The van der Waals surface area contributed by atoms with Crippen LogP contribution >= 0.6 is 0 Å². The lowest BCUT2D eigenvalue weighted by atomic mass is 9.71. The summed E-state index contributed by atoms with van der Waals surface area (Å²) in [5, 5.41) is 12.6. The number of esters is 1. The molecule has 0 radical (unpaired) electrons. The number of carbonyl (C=O) groups excluding carboxylic acids is 3. The van der Waals surface area contributed by atoms with Gasteiger partial charge in [0.2, 0.25) is 0 Å². The summed E-state index contributed by atoms with van der Waals surface area (Å²) in [5.41, 5.74) is -1.11. The molecule has 0 spiro atoms. The van der Waals surface area contributed by atoms with Crippen molar-refractivity contribution in [1.82, 2.24) is 5.32 Å². The number of rotatable bonds is 5. The van der Waals surface area contributed by atoms with E-state index in [-0.39, 0.29) is 18.1 Å². The maximum absolute atomic E-state index is 13.6. The van der Waals surface area contributed by atoms with Crippen LogP contribution in [0.1, 0.15) is 38.8 Å². The van der Waals surface area contributed by atoms with Crippen LogP contribution in [0.2, 0.25) is 0 Å². The van der Waals surface area contributed by atoms with E-state index in [2.05, 4.69) is 5.32 Å². The molecule has 1 aliphatic carbocycles. The fourth-order valence-electron chi connectivity index (χ4n) is 2.70. The number of hydrogen-bond acceptors (Lipinski definition) is 5. The van der Waals surface area contributed by atoms with Crippen molar-refractivity contribution in [3.05, 3.63) is 40.7 Å². The predicted molar refractivity (Wildman–Crippen MR) is 92.8 cm³/mol. The van der Waals surface area contributed by atoms with E-state index in [0.717, 1.165) is 6.07 Å². The minimum atomic E-state index is -1.12. The standard InChI is InChI=1S/C19H22FNO5/c1-10(2)9-26-14(22)8-21-18(25)15-16(23)12-7-11(20)5-6-13(12)19(3,4)17(15)24/h5-7,10,23H,8-9H2,1-4H3,(H,21,25). The quantitative estimate of drug-likeness (QED) is 0.618. The van der Waals surface area contributed by atoms with Gasteiger partial charge >= 0.3 is 5.97 Å². The Hall–Kier alpha value is -2.70. The van der Waals surface area contributed by atoms with Gasteiger partial charge in [0.1, 0.15) is 23.7 Å². The van der Waals surface area contributed by atoms with Crippen molar-refractivity contribution < 1.29 is 28.6 Å². The van der Waals surface area contributed by atoms with Crippen LogP contribution in [-0.2, 0) is 24.5 Å². The molecule has 1 aromatic carbocycles. The number of aliphatic hydroxyl groups is 1. The minimum Gasteiger partial charge on any atom is -0.506 e. The molecule has 0 fully saturated rings. The predicted octanol–water partition coefficient (Wildman–Crippen LogP) is 2.27. The Bertz CT molecular complexity index is 795. The number of Topliss-reactive ketones (excluding diaryl/α,β-unsaturated/α-hetero) is 1. The number of nitrogens with one attached hydrogen (secondary N) is 1. The van der Waals surface area contributed by atoms with Crippen molar-refractivity contribution in [1.29, 1.82) is 0 Å². The average molecular weight is 363 g/mol. The van der Waals surface area contributed by atoms with E-state index in [4.69, 9.17) is 4.74 Å². The first-order valence-electron chi connectivity index (χ1n) is 8.28. The van der Waals surface area contributed by atoms with E-state index in [1.54, 1.807) is 13.8 Å². The van der Waals surface area contributed by atoms with Gasteiger partial charge < -0.3 is 15.2 Å². The molecule has 6 nitrogen and oxygen atoms in total. The number of ketones is 1. The van der Waals surface area contributed by atoms with Crippen molar-refractivity contribution in [2.45, 2.75) is 33.1 Å². The number of fused-ring (bicyclic) bond motifs is 1. The first-order chi connectivity index (χ1) is 12.1. The van der Waals surface area contributed by atoms with Crippen molar-refractivity contribution in [2.24, 2.45) is 5.92 Å². The summed E-state index contributed by atoms with van der Waals surface area (Å²) >= 11 is 0. The first-order valence-corrected chi connectivity index (χ1v) is 8.28. The molecule has 2 N–H and O–H groups in total.